The molecule has 0 aliphatic carbocycles. The lowest BCUT2D eigenvalue weighted by Gasteiger charge is -1.98. The molecule has 0 aromatic carbocycles. The van der Waals surface area contributed by atoms with Crippen molar-refractivity contribution in [2.24, 2.45) is 0 Å². The third-order valence-electron chi connectivity index (χ3n) is 2.11. The number of aromatic nitrogens is 4. The minimum Gasteiger partial charge on any atom is -0.478 e. The second kappa shape index (κ2) is 3.30. The van der Waals surface area contributed by atoms with E-state index in [0.717, 1.165) is 0 Å². The van der Waals surface area contributed by atoms with E-state index in [-0.39, 0.29) is 5.56 Å². The predicted octanol–water partition coefficient (Wildman–Crippen LogP) is 0.693. The van der Waals surface area contributed by atoms with Crippen LogP contribution in [0.2, 0.25) is 0 Å². The Bertz CT molecular complexity index is 532. The number of aromatic carboxylic acids is 1. The third-order valence-corrected chi connectivity index (χ3v) is 2.11. The lowest BCUT2D eigenvalue weighted by Crippen LogP contribution is -2.05. The van der Waals surface area contributed by atoms with E-state index in [2.05, 4.69) is 15.1 Å². The Labute approximate surface area is 85.6 Å². The van der Waals surface area contributed by atoms with Gasteiger partial charge in [-0.2, -0.15) is 4.98 Å². The van der Waals surface area contributed by atoms with Crippen molar-refractivity contribution in [3.05, 3.63) is 23.3 Å². The summed E-state index contributed by atoms with van der Waals surface area (Å²) < 4.78 is 1.40. The summed E-state index contributed by atoms with van der Waals surface area (Å²) in [6.45, 7) is 3.57. The summed E-state index contributed by atoms with van der Waals surface area (Å²) in [6, 6.07) is 0. The van der Waals surface area contributed by atoms with Crippen LogP contribution in [0.1, 0.15) is 28.8 Å². The second-order valence-corrected chi connectivity index (χ2v) is 3.17. The van der Waals surface area contributed by atoms with Crippen LogP contribution in [0.15, 0.2) is 6.20 Å². The Morgan fingerprint density at radius 1 is 1.53 bits per heavy atom. The number of rotatable bonds is 2. The van der Waals surface area contributed by atoms with Crippen LogP contribution in [0.4, 0.5) is 0 Å². The van der Waals surface area contributed by atoms with E-state index in [4.69, 9.17) is 5.11 Å². The van der Waals surface area contributed by atoms with Gasteiger partial charge in [0.25, 0.3) is 5.78 Å². The molecule has 0 saturated heterocycles. The molecule has 2 aromatic rings. The van der Waals surface area contributed by atoms with Crippen molar-refractivity contribution < 1.29 is 9.90 Å². The first-order valence-corrected chi connectivity index (χ1v) is 4.58. The highest BCUT2D eigenvalue weighted by molar-refractivity contribution is 5.88. The molecule has 78 valence electrons. The zero-order valence-electron chi connectivity index (χ0n) is 8.43. The lowest BCUT2D eigenvalue weighted by molar-refractivity contribution is 0.0695. The van der Waals surface area contributed by atoms with E-state index in [1.54, 1.807) is 6.92 Å². The van der Waals surface area contributed by atoms with Crippen molar-refractivity contribution >= 4 is 11.7 Å². The second-order valence-electron chi connectivity index (χ2n) is 3.17. The number of hydrogen-bond donors (Lipinski definition) is 1. The van der Waals surface area contributed by atoms with Crippen LogP contribution in [0.5, 0.6) is 0 Å². The molecule has 0 bridgehead atoms. The Balaban J connectivity index is 2.68. The molecule has 0 fully saturated rings. The van der Waals surface area contributed by atoms with Gasteiger partial charge in [0, 0.05) is 12.6 Å². The average Bonchev–Trinajstić information content (AvgIpc) is 2.58. The predicted molar refractivity (Wildman–Crippen MR) is 51.9 cm³/mol. The van der Waals surface area contributed by atoms with Gasteiger partial charge in [-0.05, 0) is 6.92 Å². The monoisotopic (exact) mass is 206 g/mol. The number of carboxylic acid groups (broad SMARTS) is 1. The SMILES string of the molecule is CCc1nc2nc(C)c(C(=O)O)cn2n1. The zero-order chi connectivity index (χ0) is 11.0. The summed E-state index contributed by atoms with van der Waals surface area (Å²) in [5.41, 5.74) is 0.597. The molecule has 15 heavy (non-hydrogen) atoms. The summed E-state index contributed by atoms with van der Waals surface area (Å²) in [6.07, 6.45) is 2.14. The van der Waals surface area contributed by atoms with Crippen LogP contribution >= 0.6 is 0 Å². The molecule has 0 radical (unpaired) electrons. The Kier molecular flexibility index (Phi) is 2.11. The van der Waals surface area contributed by atoms with E-state index >= 15 is 0 Å². The van der Waals surface area contributed by atoms with Gasteiger partial charge in [0.05, 0.1) is 11.3 Å². The van der Waals surface area contributed by atoms with Crippen LogP contribution in [0.3, 0.4) is 0 Å². The van der Waals surface area contributed by atoms with Gasteiger partial charge >= 0.3 is 5.97 Å². The Hall–Kier alpha value is -1.98. The molecule has 2 heterocycles. The fraction of sp³-hybridized carbons (Fsp3) is 0.333. The summed E-state index contributed by atoms with van der Waals surface area (Å²) in [5.74, 6) is 0.0919. The zero-order valence-corrected chi connectivity index (χ0v) is 8.43. The van der Waals surface area contributed by atoms with Gasteiger partial charge in [0.2, 0.25) is 0 Å². The van der Waals surface area contributed by atoms with Crippen LogP contribution in [0.25, 0.3) is 5.78 Å². The van der Waals surface area contributed by atoms with Crippen LogP contribution in [-0.2, 0) is 6.42 Å². The highest BCUT2D eigenvalue weighted by Gasteiger charge is 2.12. The van der Waals surface area contributed by atoms with Crippen molar-refractivity contribution in [1.82, 2.24) is 19.6 Å². The van der Waals surface area contributed by atoms with Crippen molar-refractivity contribution in [2.45, 2.75) is 20.3 Å². The molecule has 2 rings (SSSR count). The van der Waals surface area contributed by atoms with Crippen molar-refractivity contribution in [1.29, 1.82) is 0 Å². The first kappa shape index (κ1) is 9.57. The Morgan fingerprint density at radius 3 is 2.87 bits per heavy atom. The van der Waals surface area contributed by atoms with Crippen LogP contribution in [-0.4, -0.2) is 30.7 Å². The quantitative estimate of drug-likeness (QED) is 0.782. The molecule has 0 aliphatic heterocycles. The maximum Gasteiger partial charge on any atom is 0.339 e. The number of nitrogens with zero attached hydrogens (tertiary/aromatic N) is 4. The van der Waals surface area contributed by atoms with E-state index < -0.39 is 5.97 Å². The molecule has 2 aromatic heterocycles. The van der Waals surface area contributed by atoms with E-state index in [9.17, 15) is 4.79 Å². The summed E-state index contributed by atoms with van der Waals surface area (Å²) >= 11 is 0. The van der Waals surface area contributed by atoms with E-state index in [1.807, 2.05) is 6.92 Å². The van der Waals surface area contributed by atoms with Crippen LogP contribution in [0, 0.1) is 6.92 Å². The molecule has 6 heteroatoms. The van der Waals surface area contributed by atoms with E-state index in [0.29, 0.717) is 23.7 Å². The molecule has 0 unspecified atom stereocenters. The molecular formula is C9H10N4O2. The highest BCUT2D eigenvalue weighted by Crippen LogP contribution is 2.07. The first-order chi connectivity index (χ1) is 7.11. The van der Waals surface area contributed by atoms with Gasteiger partial charge in [-0.3, -0.25) is 0 Å². The number of aryl methyl sites for hydroxylation is 2. The first-order valence-electron chi connectivity index (χ1n) is 4.58. The fourth-order valence-corrected chi connectivity index (χ4v) is 1.31. The standard InChI is InChI=1S/C9H10N4O2/c1-3-7-11-9-10-5(2)6(8(14)15)4-13(9)12-7/h4H,3H2,1-2H3,(H,14,15). The van der Waals surface area contributed by atoms with Gasteiger partial charge in [-0.1, -0.05) is 6.92 Å². The maximum atomic E-state index is 10.8. The minimum absolute atomic E-state index is 0.148. The maximum absolute atomic E-state index is 10.8. The van der Waals surface area contributed by atoms with Crippen molar-refractivity contribution in [3.8, 4) is 0 Å². The molecule has 1 N–H and O–H groups in total. The Morgan fingerprint density at radius 2 is 2.27 bits per heavy atom. The summed E-state index contributed by atoms with van der Waals surface area (Å²) in [7, 11) is 0. The molecule has 0 saturated carbocycles. The smallest absolute Gasteiger partial charge is 0.339 e. The van der Waals surface area contributed by atoms with Gasteiger partial charge in [-0.15, -0.1) is 5.10 Å². The normalized spacial score (nSPS) is 10.8. The third kappa shape index (κ3) is 1.54. The van der Waals surface area contributed by atoms with Crippen LogP contribution < -0.4 is 0 Å². The topological polar surface area (TPSA) is 80.4 Å². The minimum atomic E-state index is -1.00. The fourth-order valence-electron chi connectivity index (χ4n) is 1.31. The van der Waals surface area contributed by atoms with Gasteiger partial charge in [0.1, 0.15) is 0 Å². The molecule has 0 atom stereocenters. The van der Waals surface area contributed by atoms with Crippen molar-refractivity contribution in [3.63, 3.8) is 0 Å². The number of carboxylic acids is 1. The average molecular weight is 206 g/mol. The largest absolute Gasteiger partial charge is 0.478 e. The molecule has 0 amide bonds. The van der Waals surface area contributed by atoms with Gasteiger partial charge in [0.15, 0.2) is 5.82 Å². The van der Waals surface area contributed by atoms with Gasteiger partial charge in [-0.25, -0.2) is 14.3 Å². The molecule has 0 spiro atoms. The molecule has 6 nitrogen and oxygen atoms in total. The number of fused-ring (bicyclic) bond motifs is 1. The lowest BCUT2D eigenvalue weighted by atomic mass is 10.2. The van der Waals surface area contributed by atoms with E-state index in [1.165, 1.54) is 10.7 Å². The van der Waals surface area contributed by atoms with Crippen molar-refractivity contribution in [2.75, 3.05) is 0 Å². The molecular weight excluding hydrogens is 196 g/mol. The highest BCUT2D eigenvalue weighted by atomic mass is 16.4. The molecule has 0 aliphatic rings. The number of hydrogen-bond acceptors (Lipinski definition) is 4. The number of carbonyl (C=O) groups is 1. The summed E-state index contributed by atoms with van der Waals surface area (Å²) in [4.78, 5) is 19.1. The summed E-state index contributed by atoms with van der Waals surface area (Å²) in [5, 5.41) is 13.0. The van der Waals surface area contributed by atoms with Gasteiger partial charge < -0.3 is 5.11 Å².